The fourth-order valence-corrected chi connectivity index (χ4v) is 2.20. The molecule has 0 saturated heterocycles. The molecule has 0 aliphatic rings. The van der Waals surface area contributed by atoms with Gasteiger partial charge >= 0.3 is 0 Å². The van der Waals surface area contributed by atoms with Gasteiger partial charge in [0, 0.05) is 4.88 Å². The lowest BCUT2D eigenvalue weighted by Gasteiger charge is -2.15. The summed E-state index contributed by atoms with van der Waals surface area (Å²) in [5.74, 6) is 0. The molecule has 15 heavy (non-hydrogen) atoms. The predicted octanol–water partition coefficient (Wildman–Crippen LogP) is 3.50. The van der Waals surface area contributed by atoms with E-state index in [-0.39, 0.29) is 0 Å². The quantitative estimate of drug-likeness (QED) is 0.774. The summed E-state index contributed by atoms with van der Waals surface area (Å²) in [4.78, 5) is 1.32. The first kappa shape index (κ1) is 10.1. The van der Waals surface area contributed by atoms with Gasteiger partial charge in [0.2, 0.25) is 0 Å². The highest BCUT2D eigenvalue weighted by Crippen LogP contribution is 2.25. The van der Waals surface area contributed by atoms with Crippen LogP contribution in [0, 0.1) is 0 Å². The molecule has 0 spiro atoms. The number of nitrogen functional groups attached to an aromatic ring is 1. The molecule has 0 aliphatic heterocycles. The number of hydrogen-bond donors (Lipinski definition) is 2. The van der Waals surface area contributed by atoms with Crippen LogP contribution in [0.5, 0.6) is 0 Å². The summed E-state index contributed by atoms with van der Waals surface area (Å²) < 4.78 is 0. The van der Waals surface area contributed by atoms with Gasteiger partial charge in [-0.3, -0.25) is 0 Å². The van der Waals surface area contributed by atoms with Crippen LogP contribution in [0.25, 0.3) is 0 Å². The molecule has 1 aromatic carbocycles. The van der Waals surface area contributed by atoms with E-state index in [1.807, 2.05) is 24.3 Å². The van der Waals surface area contributed by atoms with Crippen LogP contribution < -0.4 is 11.1 Å². The lowest BCUT2D eigenvalue weighted by molar-refractivity contribution is 0.909. The molecule has 2 aromatic rings. The number of nitrogens with two attached hydrogens (primary N) is 1. The maximum Gasteiger partial charge on any atom is 0.0579 e. The molecule has 1 aromatic heterocycles. The van der Waals surface area contributed by atoms with E-state index < -0.39 is 0 Å². The van der Waals surface area contributed by atoms with Gasteiger partial charge in [-0.15, -0.1) is 11.3 Å². The molecular weight excluding hydrogens is 204 g/mol. The van der Waals surface area contributed by atoms with Crippen LogP contribution in [0.4, 0.5) is 11.4 Å². The minimum atomic E-state index is 0.301. The lowest BCUT2D eigenvalue weighted by atomic mass is 10.2. The van der Waals surface area contributed by atoms with Crippen LogP contribution in [0.15, 0.2) is 41.8 Å². The van der Waals surface area contributed by atoms with E-state index in [0.717, 1.165) is 11.4 Å². The Kier molecular flexibility index (Phi) is 2.92. The summed E-state index contributed by atoms with van der Waals surface area (Å²) in [6.45, 7) is 2.14. The fourth-order valence-electron chi connectivity index (χ4n) is 1.47. The Balaban J connectivity index is 2.13. The smallest absolute Gasteiger partial charge is 0.0579 e. The molecule has 0 saturated carbocycles. The van der Waals surface area contributed by atoms with E-state index in [1.54, 1.807) is 11.3 Å². The van der Waals surface area contributed by atoms with E-state index in [4.69, 9.17) is 5.73 Å². The number of rotatable bonds is 3. The van der Waals surface area contributed by atoms with Gasteiger partial charge in [-0.25, -0.2) is 0 Å². The first-order chi connectivity index (χ1) is 7.27. The third-order valence-electron chi connectivity index (χ3n) is 2.30. The van der Waals surface area contributed by atoms with E-state index in [1.165, 1.54) is 4.88 Å². The van der Waals surface area contributed by atoms with Crippen molar-refractivity contribution in [2.24, 2.45) is 0 Å². The molecule has 0 fully saturated rings. The van der Waals surface area contributed by atoms with Crippen LogP contribution in [0.2, 0.25) is 0 Å². The first-order valence-electron chi connectivity index (χ1n) is 4.92. The zero-order valence-corrected chi connectivity index (χ0v) is 9.42. The molecule has 78 valence electrons. The van der Waals surface area contributed by atoms with E-state index in [2.05, 4.69) is 29.8 Å². The summed E-state index contributed by atoms with van der Waals surface area (Å²) in [5.41, 5.74) is 7.65. The monoisotopic (exact) mass is 218 g/mol. The predicted molar refractivity (Wildman–Crippen MR) is 67.2 cm³/mol. The van der Waals surface area contributed by atoms with Gasteiger partial charge in [0.1, 0.15) is 0 Å². The molecule has 0 aliphatic carbocycles. The Morgan fingerprint density at radius 1 is 1.20 bits per heavy atom. The Bertz CT molecular complexity index is 423. The second-order valence-corrected chi connectivity index (χ2v) is 4.45. The molecule has 1 atom stereocenters. The van der Waals surface area contributed by atoms with Crippen LogP contribution in [0.3, 0.4) is 0 Å². The van der Waals surface area contributed by atoms with E-state index in [9.17, 15) is 0 Å². The third-order valence-corrected chi connectivity index (χ3v) is 3.36. The molecule has 0 amide bonds. The summed E-state index contributed by atoms with van der Waals surface area (Å²) in [5, 5.41) is 5.48. The van der Waals surface area contributed by atoms with Crippen LogP contribution in [-0.2, 0) is 0 Å². The lowest BCUT2D eigenvalue weighted by Crippen LogP contribution is -2.06. The number of thiophene rings is 1. The molecular formula is C12H14N2S. The second-order valence-electron chi connectivity index (χ2n) is 3.47. The summed E-state index contributed by atoms with van der Waals surface area (Å²) >= 11 is 1.75. The first-order valence-corrected chi connectivity index (χ1v) is 5.80. The number of hydrogen-bond acceptors (Lipinski definition) is 3. The van der Waals surface area contributed by atoms with Crippen LogP contribution in [-0.4, -0.2) is 0 Å². The highest BCUT2D eigenvalue weighted by atomic mass is 32.1. The Morgan fingerprint density at radius 2 is 2.00 bits per heavy atom. The standard InChI is InChI=1S/C12H14N2S/c1-9(12-7-4-8-15-12)14-11-6-3-2-5-10(11)13/h2-9,14H,13H2,1H3/t9-/m1/s1. The molecule has 0 bridgehead atoms. The fraction of sp³-hybridized carbons (Fsp3) is 0.167. The normalized spacial score (nSPS) is 12.3. The van der Waals surface area contributed by atoms with Crippen LogP contribution >= 0.6 is 11.3 Å². The molecule has 2 nitrogen and oxygen atoms in total. The van der Waals surface area contributed by atoms with Crippen molar-refractivity contribution in [1.29, 1.82) is 0 Å². The average molecular weight is 218 g/mol. The van der Waals surface area contributed by atoms with Crippen molar-refractivity contribution >= 4 is 22.7 Å². The zero-order chi connectivity index (χ0) is 10.7. The highest BCUT2D eigenvalue weighted by molar-refractivity contribution is 7.10. The van der Waals surface area contributed by atoms with Crippen molar-refractivity contribution in [3.63, 3.8) is 0 Å². The topological polar surface area (TPSA) is 38.0 Å². The van der Waals surface area contributed by atoms with Gasteiger partial charge in [-0.1, -0.05) is 18.2 Å². The Labute approximate surface area is 93.7 Å². The van der Waals surface area contributed by atoms with Gasteiger partial charge in [0.25, 0.3) is 0 Å². The molecule has 2 rings (SSSR count). The molecule has 0 radical (unpaired) electrons. The van der Waals surface area contributed by atoms with Crippen LogP contribution in [0.1, 0.15) is 17.8 Å². The summed E-state index contributed by atoms with van der Waals surface area (Å²) in [6.07, 6.45) is 0. The molecule has 0 unspecified atom stereocenters. The van der Waals surface area contributed by atoms with Crippen molar-refractivity contribution in [3.8, 4) is 0 Å². The number of para-hydroxylation sites is 2. The number of anilines is 2. The van der Waals surface area contributed by atoms with Crippen molar-refractivity contribution in [1.82, 2.24) is 0 Å². The zero-order valence-electron chi connectivity index (χ0n) is 8.60. The van der Waals surface area contributed by atoms with Gasteiger partial charge in [-0.05, 0) is 30.5 Å². The minimum absolute atomic E-state index is 0.301. The largest absolute Gasteiger partial charge is 0.397 e. The highest BCUT2D eigenvalue weighted by Gasteiger charge is 2.06. The molecule has 3 N–H and O–H groups in total. The Morgan fingerprint density at radius 3 is 2.67 bits per heavy atom. The van der Waals surface area contributed by atoms with E-state index in [0.29, 0.717) is 6.04 Å². The SMILES string of the molecule is C[C@@H](Nc1ccccc1N)c1cccs1. The van der Waals surface area contributed by atoms with Crippen molar-refractivity contribution in [2.75, 3.05) is 11.1 Å². The van der Waals surface area contributed by atoms with Crippen molar-refractivity contribution < 1.29 is 0 Å². The second kappa shape index (κ2) is 4.36. The summed E-state index contributed by atoms with van der Waals surface area (Å²) in [6, 6.07) is 12.3. The van der Waals surface area contributed by atoms with E-state index >= 15 is 0 Å². The van der Waals surface area contributed by atoms with Gasteiger partial charge in [0.15, 0.2) is 0 Å². The summed E-state index contributed by atoms with van der Waals surface area (Å²) in [7, 11) is 0. The van der Waals surface area contributed by atoms with Gasteiger partial charge < -0.3 is 11.1 Å². The average Bonchev–Trinajstić information content (AvgIpc) is 2.74. The minimum Gasteiger partial charge on any atom is -0.397 e. The number of benzene rings is 1. The van der Waals surface area contributed by atoms with Gasteiger partial charge in [0.05, 0.1) is 17.4 Å². The Hall–Kier alpha value is -1.48. The number of nitrogens with one attached hydrogen (secondary N) is 1. The van der Waals surface area contributed by atoms with Crippen molar-refractivity contribution in [3.05, 3.63) is 46.7 Å². The third kappa shape index (κ3) is 2.30. The molecule has 3 heteroatoms. The van der Waals surface area contributed by atoms with Crippen molar-refractivity contribution in [2.45, 2.75) is 13.0 Å². The van der Waals surface area contributed by atoms with Gasteiger partial charge in [-0.2, -0.15) is 0 Å². The molecule has 1 heterocycles. The maximum atomic E-state index is 5.86. The maximum absolute atomic E-state index is 5.86.